The number of carbonyl (C=O) groups excluding carboxylic acids is 1. The van der Waals surface area contributed by atoms with Gasteiger partial charge in [-0.3, -0.25) is 30.4 Å². The van der Waals surface area contributed by atoms with Gasteiger partial charge in [0.05, 0.1) is 9.85 Å². The van der Waals surface area contributed by atoms with E-state index in [4.69, 9.17) is 9.83 Å². The molecule has 0 fully saturated rings. The van der Waals surface area contributed by atoms with Gasteiger partial charge in [0.15, 0.2) is 0 Å². The van der Waals surface area contributed by atoms with Crippen LogP contribution in [0.3, 0.4) is 0 Å². The van der Waals surface area contributed by atoms with Gasteiger partial charge in [-0.25, -0.2) is 0 Å². The fourth-order valence-corrected chi connectivity index (χ4v) is 2.27. The first-order valence-electron chi connectivity index (χ1n) is 7.18. The van der Waals surface area contributed by atoms with Crippen LogP contribution in [0.5, 0.6) is 0 Å². The van der Waals surface area contributed by atoms with E-state index in [1.165, 1.54) is 48.5 Å². The Morgan fingerprint density at radius 3 is 2.19 bits per heavy atom. The van der Waals surface area contributed by atoms with Crippen molar-refractivity contribution in [1.29, 1.82) is 5.41 Å². The van der Waals surface area contributed by atoms with Crippen molar-refractivity contribution in [3.05, 3.63) is 79.9 Å². The number of non-ortho nitro benzene ring substituents is 2. The Morgan fingerprint density at radius 1 is 0.962 bits per heavy atom. The van der Waals surface area contributed by atoms with E-state index in [9.17, 15) is 25.0 Å². The van der Waals surface area contributed by atoms with Gasteiger partial charge in [0.2, 0.25) is 5.55 Å². The Bertz CT molecular complexity index is 1100. The molecule has 1 amide bonds. The number of hydrogen-bond acceptors (Lipinski definition) is 7. The number of nitrogens with one attached hydrogen (secondary N) is 2. The molecule has 0 saturated heterocycles. The molecule has 0 aliphatic carbocycles. The maximum atomic E-state index is 12.4. The van der Waals surface area contributed by atoms with Crippen LogP contribution in [0.25, 0.3) is 11.0 Å². The standard InChI is InChI=1S/C16H10N4O6/c17-15-13(8-9-7-12(20(24)25)5-6-14(9)26-15)16(21)18-10-1-3-11(4-2-10)19(22)23/h1-8,17H,(H,18,21). The summed E-state index contributed by atoms with van der Waals surface area (Å²) in [7, 11) is 0. The number of nitrogens with zero attached hydrogens (tertiary/aromatic N) is 2. The minimum atomic E-state index is -0.680. The maximum absolute atomic E-state index is 12.4. The summed E-state index contributed by atoms with van der Waals surface area (Å²) in [4.78, 5) is 32.7. The first-order valence-corrected chi connectivity index (χ1v) is 7.18. The zero-order valence-corrected chi connectivity index (χ0v) is 13.0. The fourth-order valence-electron chi connectivity index (χ4n) is 2.27. The molecule has 0 radical (unpaired) electrons. The van der Waals surface area contributed by atoms with Crippen molar-refractivity contribution in [3.63, 3.8) is 0 Å². The lowest BCUT2D eigenvalue weighted by Crippen LogP contribution is -2.20. The van der Waals surface area contributed by atoms with Crippen molar-refractivity contribution < 1.29 is 19.1 Å². The third-order valence-electron chi connectivity index (χ3n) is 3.54. The van der Waals surface area contributed by atoms with Crippen LogP contribution in [0.15, 0.2) is 52.9 Å². The highest BCUT2D eigenvalue weighted by Crippen LogP contribution is 2.21. The second-order valence-electron chi connectivity index (χ2n) is 5.23. The molecule has 0 unspecified atom stereocenters. The van der Waals surface area contributed by atoms with Gasteiger partial charge in [-0.15, -0.1) is 0 Å². The van der Waals surface area contributed by atoms with E-state index in [1.54, 1.807) is 0 Å². The fraction of sp³-hybridized carbons (Fsp3) is 0. The minimum Gasteiger partial charge on any atom is -0.438 e. The number of nitro groups is 2. The lowest BCUT2D eigenvalue weighted by atomic mass is 10.1. The predicted octanol–water partition coefficient (Wildman–Crippen LogP) is 2.98. The average Bonchev–Trinajstić information content (AvgIpc) is 2.61. The van der Waals surface area contributed by atoms with Crippen LogP contribution < -0.4 is 10.9 Å². The van der Waals surface area contributed by atoms with Gasteiger partial charge in [0.1, 0.15) is 11.1 Å². The van der Waals surface area contributed by atoms with Gasteiger partial charge in [-0.1, -0.05) is 0 Å². The zero-order valence-electron chi connectivity index (χ0n) is 13.0. The molecule has 1 heterocycles. The first-order chi connectivity index (χ1) is 12.3. The molecule has 0 spiro atoms. The Balaban J connectivity index is 1.94. The molecule has 10 heteroatoms. The van der Waals surface area contributed by atoms with Crippen LogP contribution in [0.2, 0.25) is 0 Å². The molecule has 0 atom stereocenters. The quantitative estimate of drug-likeness (QED) is 0.542. The van der Waals surface area contributed by atoms with E-state index < -0.39 is 21.3 Å². The van der Waals surface area contributed by atoms with E-state index >= 15 is 0 Å². The molecule has 0 saturated carbocycles. The highest BCUT2D eigenvalue weighted by molar-refractivity contribution is 6.05. The number of fused-ring (bicyclic) bond motifs is 1. The average molecular weight is 354 g/mol. The highest BCUT2D eigenvalue weighted by atomic mass is 16.6. The number of benzene rings is 2. The Kier molecular flexibility index (Phi) is 4.15. The zero-order chi connectivity index (χ0) is 18.8. The van der Waals surface area contributed by atoms with Crippen LogP contribution in [0.4, 0.5) is 17.1 Å². The topological polar surface area (TPSA) is 152 Å². The van der Waals surface area contributed by atoms with E-state index in [2.05, 4.69) is 5.32 Å². The third kappa shape index (κ3) is 3.24. The molecule has 26 heavy (non-hydrogen) atoms. The summed E-state index contributed by atoms with van der Waals surface area (Å²) in [6.07, 6.45) is 0. The van der Waals surface area contributed by atoms with Gasteiger partial charge in [0, 0.05) is 35.3 Å². The number of amides is 1. The normalized spacial score (nSPS) is 10.5. The van der Waals surface area contributed by atoms with Crippen molar-refractivity contribution in [1.82, 2.24) is 0 Å². The van der Waals surface area contributed by atoms with Gasteiger partial charge < -0.3 is 9.73 Å². The van der Waals surface area contributed by atoms with Crippen LogP contribution >= 0.6 is 0 Å². The summed E-state index contributed by atoms with van der Waals surface area (Å²) in [5.74, 6) is -0.680. The van der Waals surface area contributed by atoms with Crippen LogP contribution in [0, 0.1) is 25.6 Å². The highest BCUT2D eigenvalue weighted by Gasteiger charge is 2.15. The minimum absolute atomic E-state index is 0.128. The molecular formula is C16H10N4O6. The van der Waals surface area contributed by atoms with E-state index in [-0.39, 0.29) is 22.5 Å². The van der Waals surface area contributed by atoms with Crippen molar-refractivity contribution in [3.8, 4) is 0 Å². The molecule has 130 valence electrons. The Labute approximate surface area is 144 Å². The van der Waals surface area contributed by atoms with Crippen LogP contribution in [0.1, 0.15) is 10.4 Å². The van der Waals surface area contributed by atoms with Crippen molar-refractivity contribution >= 4 is 33.9 Å². The van der Waals surface area contributed by atoms with E-state index in [0.29, 0.717) is 11.1 Å². The van der Waals surface area contributed by atoms with Crippen molar-refractivity contribution in [2.24, 2.45) is 0 Å². The molecular weight excluding hydrogens is 344 g/mol. The lowest BCUT2D eigenvalue weighted by molar-refractivity contribution is -0.385. The molecule has 0 aliphatic rings. The molecule has 0 bridgehead atoms. The van der Waals surface area contributed by atoms with Gasteiger partial charge in [0.25, 0.3) is 17.3 Å². The maximum Gasteiger partial charge on any atom is 0.270 e. The van der Waals surface area contributed by atoms with Crippen LogP contribution in [-0.2, 0) is 0 Å². The van der Waals surface area contributed by atoms with E-state index in [0.717, 1.165) is 0 Å². The van der Waals surface area contributed by atoms with E-state index in [1.807, 2.05) is 0 Å². The van der Waals surface area contributed by atoms with Crippen LogP contribution in [-0.4, -0.2) is 15.8 Å². The lowest BCUT2D eigenvalue weighted by Gasteiger charge is -2.06. The second-order valence-corrected chi connectivity index (χ2v) is 5.23. The molecule has 2 aromatic carbocycles. The smallest absolute Gasteiger partial charge is 0.270 e. The summed E-state index contributed by atoms with van der Waals surface area (Å²) in [6.45, 7) is 0. The molecule has 10 nitrogen and oxygen atoms in total. The van der Waals surface area contributed by atoms with Gasteiger partial charge in [-0.05, 0) is 24.3 Å². The molecule has 1 aromatic heterocycles. The Morgan fingerprint density at radius 2 is 1.58 bits per heavy atom. The summed E-state index contributed by atoms with van der Waals surface area (Å²) < 4.78 is 5.23. The summed E-state index contributed by atoms with van der Waals surface area (Å²) in [6, 6.07) is 10.3. The number of hydrogen-bond donors (Lipinski definition) is 2. The third-order valence-corrected chi connectivity index (χ3v) is 3.54. The first kappa shape index (κ1) is 16.8. The SMILES string of the molecule is N=c1oc2ccc([N+](=O)[O-])cc2cc1C(=O)Nc1ccc([N+](=O)[O-])cc1. The van der Waals surface area contributed by atoms with Crippen molar-refractivity contribution in [2.45, 2.75) is 0 Å². The van der Waals surface area contributed by atoms with Crippen molar-refractivity contribution in [2.75, 3.05) is 5.32 Å². The number of carbonyl (C=O) groups is 1. The second kappa shape index (κ2) is 6.43. The number of rotatable bonds is 4. The van der Waals surface area contributed by atoms with Gasteiger partial charge >= 0.3 is 0 Å². The Hall–Kier alpha value is -4.08. The summed E-state index contributed by atoms with van der Waals surface area (Å²) >= 11 is 0. The molecule has 0 aliphatic heterocycles. The largest absolute Gasteiger partial charge is 0.438 e. The number of anilines is 1. The predicted molar refractivity (Wildman–Crippen MR) is 89.8 cm³/mol. The molecule has 3 aromatic rings. The number of nitro benzene ring substituents is 2. The molecule has 2 N–H and O–H groups in total. The monoisotopic (exact) mass is 354 g/mol. The summed E-state index contributed by atoms with van der Waals surface area (Å²) in [5, 5.41) is 32.1. The van der Waals surface area contributed by atoms with Gasteiger partial charge in [-0.2, -0.15) is 0 Å². The molecule has 3 rings (SSSR count). The summed E-state index contributed by atoms with van der Waals surface area (Å²) in [5.41, 5.74) is -0.321.